The molecule has 1 aliphatic carbocycles. The van der Waals surface area contributed by atoms with Gasteiger partial charge in [0.15, 0.2) is 5.78 Å². The van der Waals surface area contributed by atoms with E-state index < -0.39 is 5.54 Å². The summed E-state index contributed by atoms with van der Waals surface area (Å²) in [6.45, 7) is 3.83. The number of ether oxygens (including phenoxy) is 1. The van der Waals surface area contributed by atoms with Crippen LogP contribution in [0.15, 0.2) is 24.3 Å². The Morgan fingerprint density at radius 1 is 1.39 bits per heavy atom. The summed E-state index contributed by atoms with van der Waals surface area (Å²) in [6.07, 6.45) is 4.26. The van der Waals surface area contributed by atoms with Crippen molar-refractivity contribution < 1.29 is 9.53 Å². The van der Waals surface area contributed by atoms with Gasteiger partial charge >= 0.3 is 0 Å². The Kier molecular flexibility index (Phi) is 3.71. The minimum absolute atomic E-state index is 0.00215. The molecule has 3 heteroatoms. The number of hydrogen-bond acceptors (Lipinski definition) is 3. The molecule has 1 aromatic carbocycles. The van der Waals surface area contributed by atoms with Gasteiger partial charge in [-0.1, -0.05) is 13.3 Å². The fraction of sp³-hybridized carbons (Fsp3) is 0.533. The molecule has 2 N–H and O–H groups in total. The topological polar surface area (TPSA) is 52.3 Å². The van der Waals surface area contributed by atoms with Gasteiger partial charge in [-0.3, -0.25) is 4.79 Å². The van der Waals surface area contributed by atoms with E-state index in [1.807, 2.05) is 19.1 Å². The van der Waals surface area contributed by atoms with E-state index in [1.54, 1.807) is 19.1 Å². The van der Waals surface area contributed by atoms with Crippen LogP contribution in [0, 0.1) is 0 Å². The number of Topliss-reactive ketones (excluding diaryl/α,β-unsaturated/α-hetero) is 1. The van der Waals surface area contributed by atoms with E-state index in [0.717, 1.165) is 25.0 Å². The maximum atomic E-state index is 12.2. The molecule has 0 saturated heterocycles. The summed E-state index contributed by atoms with van der Waals surface area (Å²) in [6, 6.07) is 7.32. The number of carbonyl (C=O) groups is 1. The third-order valence-electron chi connectivity index (χ3n) is 3.23. The van der Waals surface area contributed by atoms with Gasteiger partial charge in [0.1, 0.15) is 5.75 Å². The predicted molar refractivity (Wildman–Crippen MR) is 71.9 cm³/mol. The first-order valence-corrected chi connectivity index (χ1v) is 6.63. The van der Waals surface area contributed by atoms with Gasteiger partial charge in [0.25, 0.3) is 0 Å². The number of carbonyl (C=O) groups excluding carboxylic acids is 1. The zero-order chi connectivity index (χ0) is 13.2. The molecule has 98 valence electrons. The van der Waals surface area contributed by atoms with Gasteiger partial charge in [-0.05, 0) is 50.5 Å². The third kappa shape index (κ3) is 3.10. The van der Waals surface area contributed by atoms with E-state index in [0.29, 0.717) is 18.1 Å². The number of benzene rings is 1. The van der Waals surface area contributed by atoms with Crippen molar-refractivity contribution in [1.82, 2.24) is 0 Å². The summed E-state index contributed by atoms with van der Waals surface area (Å²) in [5.41, 5.74) is 5.94. The lowest BCUT2D eigenvalue weighted by Crippen LogP contribution is -2.44. The number of hydrogen-bond donors (Lipinski definition) is 1. The summed E-state index contributed by atoms with van der Waals surface area (Å²) in [5.74, 6) is 0.839. The lowest BCUT2D eigenvalue weighted by Gasteiger charge is -2.22. The van der Waals surface area contributed by atoms with E-state index in [9.17, 15) is 4.79 Å². The van der Waals surface area contributed by atoms with E-state index in [1.165, 1.54) is 0 Å². The van der Waals surface area contributed by atoms with Gasteiger partial charge in [0.05, 0.1) is 11.6 Å². The molecule has 0 heterocycles. The molecule has 18 heavy (non-hydrogen) atoms. The highest BCUT2D eigenvalue weighted by molar-refractivity contribution is 6.02. The zero-order valence-corrected chi connectivity index (χ0v) is 11.1. The minimum Gasteiger partial charge on any atom is -0.490 e. The van der Waals surface area contributed by atoms with Crippen LogP contribution in [-0.2, 0) is 0 Å². The number of ketones is 1. The van der Waals surface area contributed by atoms with Crippen molar-refractivity contribution in [3.8, 4) is 5.75 Å². The first kappa shape index (κ1) is 13.1. The normalized spacial score (nSPS) is 18.2. The molecular formula is C15H21NO2. The van der Waals surface area contributed by atoms with Crippen molar-refractivity contribution in [1.29, 1.82) is 0 Å². The van der Waals surface area contributed by atoms with Gasteiger partial charge in [0.2, 0.25) is 0 Å². The summed E-state index contributed by atoms with van der Waals surface area (Å²) in [7, 11) is 0. The molecule has 0 amide bonds. The Balaban J connectivity index is 2.05. The standard InChI is InChI=1S/C15H21NO2/c1-3-10-15(2,16)14(17)11-4-6-12(7-5-11)18-13-8-9-13/h4-7,13H,3,8-10,16H2,1-2H3. The molecule has 2 rings (SSSR count). The minimum atomic E-state index is -0.770. The van der Waals surface area contributed by atoms with Crippen LogP contribution in [0.3, 0.4) is 0 Å². The summed E-state index contributed by atoms with van der Waals surface area (Å²) in [5, 5.41) is 0. The molecule has 1 saturated carbocycles. The summed E-state index contributed by atoms with van der Waals surface area (Å²) < 4.78 is 5.65. The molecular weight excluding hydrogens is 226 g/mol. The Hall–Kier alpha value is -1.35. The molecule has 1 unspecified atom stereocenters. The SMILES string of the molecule is CCCC(C)(N)C(=O)c1ccc(OC2CC2)cc1. The maximum absolute atomic E-state index is 12.2. The van der Waals surface area contributed by atoms with Crippen LogP contribution in [0.25, 0.3) is 0 Å². The first-order chi connectivity index (χ1) is 8.53. The Bertz CT molecular complexity index is 419. The monoisotopic (exact) mass is 247 g/mol. The number of rotatable bonds is 6. The smallest absolute Gasteiger partial charge is 0.182 e. The molecule has 1 fully saturated rings. The lowest BCUT2D eigenvalue weighted by molar-refractivity contribution is 0.0893. The highest BCUT2D eigenvalue weighted by Gasteiger charge is 2.28. The molecule has 0 spiro atoms. The maximum Gasteiger partial charge on any atom is 0.182 e. The largest absolute Gasteiger partial charge is 0.490 e. The molecule has 1 aromatic rings. The van der Waals surface area contributed by atoms with Gasteiger partial charge < -0.3 is 10.5 Å². The molecule has 0 aliphatic heterocycles. The quantitative estimate of drug-likeness (QED) is 0.786. The Labute approximate surface area is 108 Å². The molecule has 0 bridgehead atoms. The van der Waals surface area contributed by atoms with Crippen LogP contribution in [0.4, 0.5) is 0 Å². The van der Waals surface area contributed by atoms with Crippen LogP contribution in [-0.4, -0.2) is 17.4 Å². The molecule has 1 aliphatic rings. The predicted octanol–water partition coefficient (Wildman–Crippen LogP) is 2.93. The van der Waals surface area contributed by atoms with Crippen molar-refractivity contribution >= 4 is 5.78 Å². The highest BCUT2D eigenvalue weighted by Crippen LogP contribution is 2.27. The van der Waals surface area contributed by atoms with Gasteiger partial charge in [-0.15, -0.1) is 0 Å². The zero-order valence-electron chi connectivity index (χ0n) is 11.1. The van der Waals surface area contributed by atoms with E-state index >= 15 is 0 Å². The average molecular weight is 247 g/mol. The Morgan fingerprint density at radius 3 is 2.50 bits per heavy atom. The van der Waals surface area contributed by atoms with Crippen molar-refractivity contribution in [3.63, 3.8) is 0 Å². The van der Waals surface area contributed by atoms with E-state index in [4.69, 9.17) is 10.5 Å². The van der Waals surface area contributed by atoms with Crippen LogP contribution < -0.4 is 10.5 Å². The first-order valence-electron chi connectivity index (χ1n) is 6.63. The lowest BCUT2D eigenvalue weighted by atomic mass is 9.88. The second kappa shape index (κ2) is 5.11. The van der Waals surface area contributed by atoms with Crippen molar-refractivity contribution in [2.75, 3.05) is 0 Å². The van der Waals surface area contributed by atoms with Crippen molar-refractivity contribution in [2.24, 2.45) is 5.73 Å². The molecule has 0 aromatic heterocycles. The van der Waals surface area contributed by atoms with Gasteiger partial charge in [-0.25, -0.2) is 0 Å². The fourth-order valence-corrected chi connectivity index (χ4v) is 2.03. The highest BCUT2D eigenvalue weighted by atomic mass is 16.5. The third-order valence-corrected chi connectivity index (χ3v) is 3.23. The summed E-state index contributed by atoms with van der Waals surface area (Å²) >= 11 is 0. The molecule has 1 atom stereocenters. The van der Waals surface area contributed by atoms with Crippen LogP contribution >= 0.6 is 0 Å². The molecule has 3 nitrogen and oxygen atoms in total. The fourth-order valence-electron chi connectivity index (χ4n) is 2.03. The van der Waals surface area contributed by atoms with Gasteiger partial charge in [0, 0.05) is 5.56 Å². The molecule has 0 radical (unpaired) electrons. The van der Waals surface area contributed by atoms with Crippen molar-refractivity contribution in [3.05, 3.63) is 29.8 Å². The van der Waals surface area contributed by atoms with Crippen LogP contribution in [0.1, 0.15) is 49.9 Å². The number of nitrogens with two attached hydrogens (primary N) is 1. The van der Waals surface area contributed by atoms with Crippen molar-refractivity contribution in [2.45, 2.75) is 51.2 Å². The van der Waals surface area contributed by atoms with Crippen LogP contribution in [0.2, 0.25) is 0 Å². The second-order valence-corrected chi connectivity index (χ2v) is 5.34. The van der Waals surface area contributed by atoms with E-state index in [-0.39, 0.29) is 5.78 Å². The average Bonchev–Trinajstić information content (AvgIpc) is 3.13. The second-order valence-electron chi connectivity index (χ2n) is 5.34. The van der Waals surface area contributed by atoms with E-state index in [2.05, 4.69) is 0 Å². The summed E-state index contributed by atoms with van der Waals surface area (Å²) in [4.78, 5) is 12.2. The Morgan fingerprint density at radius 2 is 2.00 bits per heavy atom. The van der Waals surface area contributed by atoms with Crippen LogP contribution in [0.5, 0.6) is 5.75 Å². The van der Waals surface area contributed by atoms with Gasteiger partial charge in [-0.2, -0.15) is 0 Å².